The second-order valence-corrected chi connectivity index (χ2v) is 5.49. The highest BCUT2D eigenvalue weighted by Gasteiger charge is 2.22. The minimum absolute atomic E-state index is 0.240. The normalized spacial score (nSPS) is 14.0. The first-order chi connectivity index (χ1) is 12.1. The zero-order valence-corrected chi connectivity index (χ0v) is 12.8. The summed E-state index contributed by atoms with van der Waals surface area (Å²) in [5.74, 6) is 0.164. The van der Waals surface area contributed by atoms with Crippen molar-refractivity contribution in [3.05, 3.63) is 41.1 Å². The highest BCUT2D eigenvalue weighted by molar-refractivity contribution is 5.72. The summed E-state index contributed by atoms with van der Waals surface area (Å²) in [5.41, 5.74) is 0.659. The van der Waals surface area contributed by atoms with Gasteiger partial charge in [-0.05, 0) is 18.9 Å². The van der Waals surface area contributed by atoms with Gasteiger partial charge in [0.15, 0.2) is 5.65 Å². The lowest BCUT2D eigenvalue weighted by Gasteiger charge is -2.10. The number of nitrogens with zero attached hydrogens (tertiary/aromatic N) is 5. The topological polar surface area (TPSA) is 94.8 Å². The molecule has 4 rings (SSSR count). The van der Waals surface area contributed by atoms with Crippen molar-refractivity contribution in [2.45, 2.75) is 25.5 Å². The van der Waals surface area contributed by atoms with Gasteiger partial charge < -0.3 is 10.1 Å². The van der Waals surface area contributed by atoms with Crippen LogP contribution < -0.4 is 15.6 Å². The first-order valence-corrected chi connectivity index (χ1v) is 7.53. The summed E-state index contributed by atoms with van der Waals surface area (Å²) in [6.45, 7) is -2.97. The SMILES string of the molecule is O=c1cnc2cnc(NC3CC3)nc2n1-c1ccc(OC(F)F)nc1. The molecule has 0 atom stereocenters. The molecule has 1 saturated carbocycles. The van der Waals surface area contributed by atoms with Gasteiger partial charge in [-0.3, -0.25) is 9.36 Å². The van der Waals surface area contributed by atoms with Crippen molar-refractivity contribution >= 4 is 17.1 Å². The van der Waals surface area contributed by atoms with Crippen LogP contribution in [0.4, 0.5) is 14.7 Å². The molecule has 0 aliphatic heterocycles. The first-order valence-electron chi connectivity index (χ1n) is 7.53. The first kappa shape index (κ1) is 15.4. The van der Waals surface area contributed by atoms with E-state index in [2.05, 4.69) is 30.0 Å². The smallest absolute Gasteiger partial charge is 0.388 e. The molecule has 10 heteroatoms. The maximum atomic E-state index is 12.3. The van der Waals surface area contributed by atoms with E-state index < -0.39 is 12.2 Å². The van der Waals surface area contributed by atoms with Crippen LogP contribution in [0.3, 0.4) is 0 Å². The number of alkyl halides is 2. The molecule has 0 amide bonds. The van der Waals surface area contributed by atoms with Gasteiger partial charge in [-0.25, -0.2) is 15.0 Å². The molecule has 0 bridgehead atoms. The van der Waals surface area contributed by atoms with Gasteiger partial charge in [0.2, 0.25) is 11.8 Å². The van der Waals surface area contributed by atoms with E-state index in [0.29, 0.717) is 28.8 Å². The molecular formula is C15H12F2N6O2. The Morgan fingerprint density at radius 1 is 1.16 bits per heavy atom. The van der Waals surface area contributed by atoms with Crippen molar-refractivity contribution in [1.82, 2.24) is 24.5 Å². The average molecular weight is 346 g/mol. The monoisotopic (exact) mass is 346 g/mol. The van der Waals surface area contributed by atoms with Gasteiger partial charge in [-0.1, -0.05) is 0 Å². The molecule has 3 heterocycles. The van der Waals surface area contributed by atoms with Gasteiger partial charge in [-0.2, -0.15) is 13.8 Å². The Hall–Kier alpha value is -3.17. The maximum Gasteiger partial charge on any atom is 0.388 e. The van der Waals surface area contributed by atoms with E-state index in [1.807, 2.05) is 0 Å². The predicted octanol–water partition coefficient (Wildman–Crippen LogP) is 1.75. The Kier molecular flexibility index (Phi) is 3.71. The number of anilines is 1. The van der Waals surface area contributed by atoms with Gasteiger partial charge in [0.25, 0.3) is 5.56 Å². The maximum absolute atomic E-state index is 12.3. The Labute approximate surface area is 139 Å². The molecule has 0 radical (unpaired) electrons. The lowest BCUT2D eigenvalue weighted by atomic mass is 10.4. The Morgan fingerprint density at radius 3 is 2.68 bits per heavy atom. The molecule has 0 aromatic carbocycles. The lowest BCUT2D eigenvalue weighted by molar-refractivity contribution is -0.0528. The fourth-order valence-electron chi connectivity index (χ4n) is 2.30. The number of hydrogen-bond donors (Lipinski definition) is 1. The molecule has 1 N–H and O–H groups in total. The second-order valence-electron chi connectivity index (χ2n) is 5.49. The number of ether oxygens (including phenoxy) is 1. The molecule has 0 unspecified atom stereocenters. The molecule has 1 aliphatic carbocycles. The minimum Gasteiger partial charge on any atom is -0.417 e. The molecule has 1 aliphatic rings. The molecule has 0 saturated heterocycles. The van der Waals surface area contributed by atoms with E-state index in [-0.39, 0.29) is 5.88 Å². The molecule has 0 spiro atoms. The van der Waals surface area contributed by atoms with Crippen molar-refractivity contribution in [1.29, 1.82) is 0 Å². The Balaban J connectivity index is 1.78. The summed E-state index contributed by atoms with van der Waals surface area (Å²) in [6, 6.07) is 3.05. The molecule has 128 valence electrons. The van der Waals surface area contributed by atoms with Crippen molar-refractivity contribution in [2.75, 3.05) is 5.32 Å². The minimum atomic E-state index is -2.97. The molecule has 8 nitrogen and oxygen atoms in total. The zero-order chi connectivity index (χ0) is 17.4. The van der Waals surface area contributed by atoms with E-state index in [1.54, 1.807) is 0 Å². The van der Waals surface area contributed by atoms with Crippen LogP contribution in [0.5, 0.6) is 5.88 Å². The number of rotatable bonds is 5. The highest BCUT2D eigenvalue weighted by Crippen LogP contribution is 2.23. The van der Waals surface area contributed by atoms with Crippen LogP contribution in [0.2, 0.25) is 0 Å². The fraction of sp³-hybridized carbons (Fsp3) is 0.267. The number of halogens is 2. The Morgan fingerprint density at radius 2 is 2.00 bits per heavy atom. The van der Waals surface area contributed by atoms with Crippen LogP contribution in [0, 0.1) is 0 Å². The standard InChI is InChI=1S/C15H12F2N6O2/c16-14(17)25-11-4-3-9(5-19-11)23-12(24)7-18-10-6-20-15(22-13(10)23)21-8-1-2-8/h3-8,14H,1-2H2,(H,20,21,22). The summed E-state index contributed by atoms with van der Waals surface area (Å²) in [5, 5.41) is 3.15. The largest absolute Gasteiger partial charge is 0.417 e. The van der Waals surface area contributed by atoms with Crippen LogP contribution in [0.15, 0.2) is 35.5 Å². The van der Waals surface area contributed by atoms with E-state index in [9.17, 15) is 13.6 Å². The third-order valence-electron chi connectivity index (χ3n) is 3.60. The van der Waals surface area contributed by atoms with Gasteiger partial charge in [0, 0.05) is 12.1 Å². The van der Waals surface area contributed by atoms with Crippen LogP contribution in [-0.2, 0) is 0 Å². The van der Waals surface area contributed by atoms with Crippen LogP contribution in [0.1, 0.15) is 12.8 Å². The number of pyridine rings is 1. The van der Waals surface area contributed by atoms with E-state index >= 15 is 0 Å². The summed E-state index contributed by atoms with van der Waals surface area (Å²) in [7, 11) is 0. The summed E-state index contributed by atoms with van der Waals surface area (Å²) >= 11 is 0. The second kappa shape index (κ2) is 6.04. The fourth-order valence-corrected chi connectivity index (χ4v) is 2.30. The lowest BCUT2D eigenvalue weighted by Crippen LogP contribution is -2.20. The number of nitrogens with one attached hydrogen (secondary N) is 1. The van der Waals surface area contributed by atoms with E-state index in [4.69, 9.17) is 0 Å². The number of hydrogen-bond acceptors (Lipinski definition) is 7. The van der Waals surface area contributed by atoms with Crippen LogP contribution >= 0.6 is 0 Å². The van der Waals surface area contributed by atoms with Crippen LogP contribution in [0.25, 0.3) is 16.9 Å². The highest BCUT2D eigenvalue weighted by atomic mass is 19.3. The van der Waals surface area contributed by atoms with Crippen LogP contribution in [-0.4, -0.2) is 37.2 Å². The molecule has 25 heavy (non-hydrogen) atoms. The van der Waals surface area contributed by atoms with Gasteiger partial charge in [0.1, 0.15) is 5.52 Å². The summed E-state index contributed by atoms with van der Waals surface area (Å²) in [6.07, 6.45) is 6.02. The summed E-state index contributed by atoms with van der Waals surface area (Å²) < 4.78 is 29.9. The third-order valence-corrected chi connectivity index (χ3v) is 3.60. The van der Waals surface area contributed by atoms with Crippen molar-refractivity contribution in [3.8, 4) is 11.6 Å². The van der Waals surface area contributed by atoms with Gasteiger partial charge in [0.05, 0.1) is 24.3 Å². The molecule has 1 fully saturated rings. The van der Waals surface area contributed by atoms with E-state index in [0.717, 1.165) is 19.0 Å². The molecular weight excluding hydrogens is 334 g/mol. The average Bonchev–Trinajstić information content (AvgIpc) is 3.39. The van der Waals surface area contributed by atoms with Gasteiger partial charge in [-0.15, -0.1) is 0 Å². The predicted molar refractivity (Wildman–Crippen MR) is 84.0 cm³/mol. The number of aromatic nitrogens is 5. The van der Waals surface area contributed by atoms with E-state index in [1.165, 1.54) is 29.1 Å². The molecule has 3 aromatic rings. The third kappa shape index (κ3) is 3.23. The van der Waals surface area contributed by atoms with Crippen molar-refractivity contribution in [2.24, 2.45) is 0 Å². The van der Waals surface area contributed by atoms with Crippen molar-refractivity contribution in [3.63, 3.8) is 0 Å². The van der Waals surface area contributed by atoms with Crippen molar-refractivity contribution < 1.29 is 13.5 Å². The molecule has 3 aromatic heterocycles. The number of fused-ring (bicyclic) bond motifs is 1. The quantitative estimate of drug-likeness (QED) is 0.752. The Bertz CT molecular complexity index is 972. The zero-order valence-electron chi connectivity index (χ0n) is 12.8. The van der Waals surface area contributed by atoms with Gasteiger partial charge >= 0.3 is 6.61 Å². The summed E-state index contributed by atoms with van der Waals surface area (Å²) in [4.78, 5) is 28.6.